The van der Waals surface area contributed by atoms with Crippen molar-refractivity contribution in [1.82, 2.24) is 4.90 Å². The molecule has 0 radical (unpaired) electrons. The van der Waals surface area contributed by atoms with Crippen LogP contribution in [-0.4, -0.2) is 36.0 Å². The molecule has 76 valence electrons. The molecule has 0 spiro atoms. The van der Waals surface area contributed by atoms with Crippen LogP contribution in [0.3, 0.4) is 0 Å². The van der Waals surface area contributed by atoms with E-state index in [1.165, 1.54) is 37.3 Å². The highest BCUT2D eigenvalue weighted by Crippen LogP contribution is 2.38. The van der Waals surface area contributed by atoms with Gasteiger partial charge in [-0.05, 0) is 43.9 Å². The van der Waals surface area contributed by atoms with Crippen molar-refractivity contribution < 1.29 is 0 Å². The van der Waals surface area contributed by atoms with E-state index in [1.54, 1.807) is 0 Å². The standard InChI is InChI=1S/C11H21NS/c1-9-6-10(9)7-12(2)11-4-3-5-13-8-11/h9-11H,3-8H2,1-2H3. The summed E-state index contributed by atoms with van der Waals surface area (Å²) in [6, 6.07) is 0.881. The molecule has 1 nitrogen and oxygen atoms in total. The van der Waals surface area contributed by atoms with Gasteiger partial charge in [0.15, 0.2) is 0 Å². The van der Waals surface area contributed by atoms with E-state index in [0.29, 0.717) is 0 Å². The van der Waals surface area contributed by atoms with Gasteiger partial charge in [0.1, 0.15) is 0 Å². The Morgan fingerprint density at radius 2 is 2.23 bits per heavy atom. The van der Waals surface area contributed by atoms with Crippen LogP contribution in [0.5, 0.6) is 0 Å². The molecule has 0 aromatic carbocycles. The van der Waals surface area contributed by atoms with Gasteiger partial charge < -0.3 is 4.90 Å². The minimum absolute atomic E-state index is 0.881. The van der Waals surface area contributed by atoms with Gasteiger partial charge in [-0.15, -0.1) is 0 Å². The van der Waals surface area contributed by atoms with Crippen molar-refractivity contribution in [2.24, 2.45) is 11.8 Å². The molecule has 0 aromatic rings. The summed E-state index contributed by atoms with van der Waals surface area (Å²) in [7, 11) is 2.32. The van der Waals surface area contributed by atoms with E-state index in [1.807, 2.05) is 0 Å². The fourth-order valence-corrected chi connectivity index (χ4v) is 3.47. The second kappa shape index (κ2) is 4.22. The van der Waals surface area contributed by atoms with Crippen molar-refractivity contribution in [3.8, 4) is 0 Å². The van der Waals surface area contributed by atoms with Crippen molar-refractivity contribution in [2.75, 3.05) is 25.1 Å². The average Bonchev–Trinajstić information content (AvgIpc) is 2.83. The van der Waals surface area contributed by atoms with Crippen molar-refractivity contribution >= 4 is 11.8 Å². The van der Waals surface area contributed by atoms with Gasteiger partial charge in [-0.2, -0.15) is 11.8 Å². The number of nitrogens with zero attached hydrogens (tertiary/aromatic N) is 1. The quantitative estimate of drug-likeness (QED) is 0.687. The summed E-state index contributed by atoms with van der Waals surface area (Å²) in [6.07, 6.45) is 4.34. The average molecular weight is 199 g/mol. The summed E-state index contributed by atoms with van der Waals surface area (Å²) < 4.78 is 0. The van der Waals surface area contributed by atoms with Crippen molar-refractivity contribution in [2.45, 2.75) is 32.2 Å². The van der Waals surface area contributed by atoms with Crippen molar-refractivity contribution in [3.63, 3.8) is 0 Å². The summed E-state index contributed by atoms with van der Waals surface area (Å²) in [5, 5.41) is 0. The normalized spacial score (nSPS) is 39.5. The fourth-order valence-electron chi connectivity index (χ4n) is 2.24. The monoisotopic (exact) mass is 199 g/mol. The Kier molecular flexibility index (Phi) is 3.20. The molecule has 0 bridgehead atoms. The molecule has 0 amide bonds. The van der Waals surface area contributed by atoms with Crippen LogP contribution < -0.4 is 0 Å². The van der Waals surface area contributed by atoms with Crippen molar-refractivity contribution in [1.29, 1.82) is 0 Å². The molecule has 3 atom stereocenters. The van der Waals surface area contributed by atoms with Crippen LogP contribution >= 0.6 is 11.8 Å². The van der Waals surface area contributed by atoms with Crippen LogP contribution in [0.25, 0.3) is 0 Å². The number of hydrogen-bond acceptors (Lipinski definition) is 2. The Labute approximate surface area is 86.3 Å². The Balaban J connectivity index is 1.72. The van der Waals surface area contributed by atoms with E-state index in [9.17, 15) is 0 Å². The smallest absolute Gasteiger partial charge is 0.0183 e. The van der Waals surface area contributed by atoms with E-state index in [-0.39, 0.29) is 0 Å². The van der Waals surface area contributed by atoms with Gasteiger partial charge >= 0.3 is 0 Å². The van der Waals surface area contributed by atoms with Gasteiger partial charge in [-0.3, -0.25) is 0 Å². The van der Waals surface area contributed by atoms with E-state index in [4.69, 9.17) is 0 Å². The van der Waals surface area contributed by atoms with Crippen LogP contribution in [0.15, 0.2) is 0 Å². The molecule has 1 aliphatic heterocycles. The zero-order valence-corrected chi connectivity index (χ0v) is 9.65. The Hall–Kier alpha value is 0.310. The third-order valence-corrected chi connectivity index (χ3v) is 4.76. The number of thioether (sulfide) groups is 1. The highest BCUT2D eigenvalue weighted by atomic mass is 32.2. The highest BCUT2D eigenvalue weighted by molar-refractivity contribution is 7.99. The van der Waals surface area contributed by atoms with Gasteiger partial charge in [0.05, 0.1) is 0 Å². The topological polar surface area (TPSA) is 3.24 Å². The molecule has 3 unspecified atom stereocenters. The SMILES string of the molecule is CC1CC1CN(C)C1CCCSC1. The van der Waals surface area contributed by atoms with E-state index < -0.39 is 0 Å². The van der Waals surface area contributed by atoms with Crippen LogP contribution in [0, 0.1) is 11.8 Å². The lowest BCUT2D eigenvalue weighted by atomic mass is 10.1. The summed E-state index contributed by atoms with van der Waals surface area (Å²) in [5.74, 6) is 4.80. The second-order valence-electron chi connectivity index (χ2n) is 4.78. The molecule has 2 fully saturated rings. The molecular formula is C11H21NS. The maximum atomic E-state index is 2.61. The predicted molar refractivity (Wildman–Crippen MR) is 60.2 cm³/mol. The third-order valence-electron chi connectivity index (χ3n) is 3.56. The van der Waals surface area contributed by atoms with Gasteiger partial charge in [-0.1, -0.05) is 6.92 Å². The van der Waals surface area contributed by atoms with Crippen LogP contribution in [0.4, 0.5) is 0 Å². The van der Waals surface area contributed by atoms with E-state index in [2.05, 4.69) is 30.6 Å². The number of rotatable bonds is 3. The predicted octanol–water partition coefficient (Wildman–Crippen LogP) is 2.47. The first kappa shape index (κ1) is 9.85. The minimum Gasteiger partial charge on any atom is -0.302 e. The lowest BCUT2D eigenvalue weighted by Gasteiger charge is -2.30. The molecule has 13 heavy (non-hydrogen) atoms. The molecule has 2 rings (SSSR count). The fraction of sp³-hybridized carbons (Fsp3) is 1.00. The molecule has 1 saturated heterocycles. The van der Waals surface area contributed by atoms with Crippen LogP contribution in [0.1, 0.15) is 26.2 Å². The van der Waals surface area contributed by atoms with Gasteiger partial charge in [0, 0.05) is 18.3 Å². The summed E-state index contributed by atoms with van der Waals surface area (Å²) in [6.45, 7) is 3.74. The molecule has 1 aliphatic carbocycles. The maximum absolute atomic E-state index is 2.61. The zero-order chi connectivity index (χ0) is 9.26. The Morgan fingerprint density at radius 1 is 1.46 bits per heavy atom. The number of hydrogen-bond donors (Lipinski definition) is 0. The molecule has 1 heterocycles. The van der Waals surface area contributed by atoms with Crippen molar-refractivity contribution in [3.05, 3.63) is 0 Å². The minimum atomic E-state index is 0.881. The summed E-state index contributed by atoms with van der Waals surface area (Å²) in [5.41, 5.74) is 0. The Morgan fingerprint density at radius 3 is 2.77 bits per heavy atom. The van der Waals surface area contributed by atoms with E-state index >= 15 is 0 Å². The van der Waals surface area contributed by atoms with Crippen LogP contribution in [-0.2, 0) is 0 Å². The first-order valence-corrected chi connectivity index (χ1v) is 6.71. The third kappa shape index (κ3) is 2.63. The largest absolute Gasteiger partial charge is 0.302 e. The molecule has 2 heteroatoms. The molecule has 0 N–H and O–H groups in total. The van der Waals surface area contributed by atoms with Gasteiger partial charge in [0.25, 0.3) is 0 Å². The maximum Gasteiger partial charge on any atom is 0.0183 e. The second-order valence-corrected chi connectivity index (χ2v) is 5.93. The lowest BCUT2D eigenvalue weighted by molar-refractivity contribution is 0.233. The summed E-state index contributed by atoms with van der Waals surface area (Å²) in [4.78, 5) is 2.61. The van der Waals surface area contributed by atoms with Gasteiger partial charge in [0.2, 0.25) is 0 Å². The van der Waals surface area contributed by atoms with Crippen LogP contribution in [0.2, 0.25) is 0 Å². The molecular weight excluding hydrogens is 178 g/mol. The summed E-state index contributed by atoms with van der Waals surface area (Å²) >= 11 is 2.14. The Bertz CT molecular complexity index is 165. The first-order chi connectivity index (χ1) is 6.27. The molecule has 1 saturated carbocycles. The molecule has 0 aromatic heterocycles. The molecule has 2 aliphatic rings. The zero-order valence-electron chi connectivity index (χ0n) is 8.83. The highest BCUT2D eigenvalue weighted by Gasteiger charge is 2.34. The first-order valence-electron chi connectivity index (χ1n) is 5.55. The van der Waals surface area contributed by atoms with E-state index in [0.717, 1.165) is 17.9 Å². The van der Waals surface area contributed by atoms with Gasteiger partial charge in [-0.25, -0.2) is 0 Å². The lowest BCUT2D eigenvalue weighted by Crippen LogP contribution is -2.37.